The van der Waals surface area contributed by atoms with Crippen molar-refractivity contribution in [3.05, 3.63) is 95.4 Å². The van der Waals surface area contributed by atoms with E-state index >= 15 is 0 Å². The largest absolute Gasteiger partial charge is 0.455 e. The van der Waals surface area contributed by atoms with E-state index in [1.54, 1.807) is 30.3 Å². The predicted molar refractivity (Wildman–Crippen MR) is 108 cm³/mol. The minimum atomic E-state index is -0.452. The molecule has 28 heavy (non-hydrogen) atoms. The summed E-state index contributed by atoms with van der Waals surface area (Å²) in [6.45, 7) is 0. The van der Waals surface area contributed by atoms with Crippen molar-refractivity contribution in [1.29, 1.82) is 0 Å². The van der Waals surface area contributed by atoms with E-state index in [0.29, 0.717) is 16.5 Å². The van der Waals surface area contributed by atoms with Crippen LogP contribution in [0.2, 0.25) is 5.02 Å². The molecule has 0 radical (unpaired) electrons. The van der Waals surface area contributed by atoms with Gasteiger partial charge in [-0.1, -0.05) is 41.9 Å². The van der Waals surface area contributed by atoms with Gasteiger partial charge in [-0.3, -0.25) is 4.79 Å². The molecule has 5 nitrogen and oxygen atoms in total. The van der Waals surface area contributed by atoms with Crippen molar-refractivity contribution in [2.24, 2.45) is 5.10 Å². The van der Waals surface area contributed by atoms with E-state index < -0.39 is 5.91 Å². The summed E-state index contributed by atoms with van der Waals surface area (Å²) in [5.74, 6) is 1.54. The number of nitrogens with zero attached hydrogens (tertiary/aromatic N) is 1. The average Bonchev–Trinajstić information content (AvgIpc) is 3.39. The summed E-state index contributed by atoms with van der Waals surface area (Å²) in [5.41, 5.74) is 4.22. The summed E-state index contributed by atoms with van der Waals surface area (Å²) in [6, 6.07) is 23.8. The molecule has 138 valence electrons. The Kier molecular flexibility index (Phi) is 5.08. The molecule has 2 aromatic carbocycles. The Morgan fingerprint density at radius 3 is 2.29 bits per heavy atom. The summed E-state index contributed by atoms with van der Waals surface area (Å²) in [7, 11) is 0. The maximum Gasteiger partial charge on any atom is 0.307 e. The zero-order chi connectivity index (χ0) is 19.3. The first-order valence-corrected chi connectivity index (χ1v) is 8.91. The third-order valence-electron chi connectivity index (χ3n) is 4.00. The Bertz CT molecular complexity index is 1110. The van der Waals surface area contributed by atoms with Gasteiger partial charge in [0.2, 0.25) is 0 Å². The van der Waals surface area contributed by atoms with Gasteiger partial charge in [-0.15, -0.1) is 0 Å². The van der Waals surface area contributed by atoms with Crippen LogP contribution in [0.15, 0.2) is 92.8 Å². The monoisotopic (exact) mass is 390 g/mol. The van der Waals surface area contributed by atoms with E-state index in [4.69, 9.17) is 20.4 Å². The number of amides is 1. The zero-order valence-electron chi connectivity index (χ0n) is 14.6. The molecule has 2 aromatic heterocycles. The van der Waals surface area contributed by atoms with Gasteiger partial charge in [0.15, 0.2) is 5.76 Å². The molecule has 1 amide bonds. The summed E-state index contributed by atoms with van der Waals surface area (Å²) < 4.78 is 11.3. The van der Waals surface area contributed by atoms with Crippen LogP contribution in [0.4, 0.5) is 0 Å². The van der Waals surface area contributed by atoms with Crippen LogP contribution in [0.1, 0.15) is 16.3 Å². The SMILES string of the molecule is O=C(N/N=C\c1ccc(-c2ccccc2)o1)c1ccc(-c2ccc(Cl)cc2)o1. The van der Waals surface area contributed by atoms with E-state index in [-0.39, 0.29) is 5.76 Å². The highest BCUT2D eigenvalue weighted by Crippen LogP contribution is 2.24. The summed E-state index contributed by atoms with van der Waals surface area (Å²) in [4.78, 5) is 12.2. The number of hydrogen-bond donors (Lipinski definition) is 1. The first-order chi connectivity index (χ1) is 13.7. The van der Waals surface area contributed by atoms with Crippen molar-refractivity contribution < 1.29 is 13.6 Å². The smallest absolute Gasteiger partial charge is 0.307 e. The van der Waals surface area contributed by atoms with Crippen molar-refractivity contribution in [1.82, 2.24) is 5.43 Å². The number of furan rings is 2. The Hall–Kier alpha value is -3.57. The first kappa shape index (κ1) is 17.8. The molecule has 0 bridgehead atoms. The normalized spacial score (nSPS) is 11.0. The van der Waals surface area contributed by atoms with Crippen molar-refractivity contribution in [3.63, 3.8) is 0 Å². The van der Waals surface area contributed by atoms with Crippen LogP contribution in [0, 0.1) is 0 Å². The lowest BCUT2D eigenvalue weighted by molar-refractivity contribution is 0.0928. The molecular formula is C22H15ClN2O3. The number of benzene rings is 2. The number of nitrogens with one attached hydrogen (secondary N) is 1. The molecular weight excluding hydrogens is 376 g/mol. The average molecular weight is 391 g/mol. The Balaban J connectivity index is 1.39. The second kappa shape index (κ2) is 7.98. The first-order valence-electron chi connectivity index (χ1n) is 8.53. The summed E-state index contributed by atoms with van der Waals surface area (Å²) in [6.07, 6.45) is 1.44. The molecule has 0 saturated carbocycles. The molecule has 4 rings (SSSR count). The fraction of sp³-hybridized carbons (Fsp3) is 0. The molecule has 0 atom stereocenters. The van der Waals surface area contributed by atoms with E-state index in [9.17, 15) is 4.79 Å². The highest BCUT2D eigenvalue weighted by atomic mass is 35.5. The number of hydrogen-bond acceptors (Lipinski definition) is 4. The van der Waals surface area contributed by atoms with Crippen molar-refractivity contribution >= 4 is 23.7 Å². The highest BCUT2D eigenvalue weighted by molar-refractivity contribution is 6.30. The van der Waals surface area contributed by atoms with Crippen LogP contribution in [-0.4, -0.2) is 12.1 Å². The topological polar surface area (TPSA) is 67.7 Å². The molecule has 1 N–H and O–H groups in total. The van der Waals surface area contributed by atoms with Gasteiger partial charge in [0.05, 0.1) is 6.21 Å². The van der Waals surface area contributed by atoms with E-state index in [0.717, 1.165) is 16.9 Å². The molecule has 0 fully saturated rings. The Morgan fingerprint density at radius 1 is 0.821 bits per heavy atom. The van der Waals surface area contributed by atoms with E-state index in [1.807, 2.05) is 48.5 Å². The van der Waals surface area contributed by atoms with Gasteiger partial charge in [-0.05, 0) is 48.5 Å². The Morgan fingerprint density at radius 2 is 1.50 bits per heavy atom. The molecule has 4 aromatic rings. The Labute approximate surface area is 166 Å². The van der Waals surface area contributed by atoms with Crippen LogP contribution in [0.25, 0.3) is 22.6 Å². The minimum absolute atomic E-state index is 0.159. The number of hydrazone groups is 1. The van der Waals surface area contributed by atoms with Crippen molar-refractivity contribution in [3.8, 4) is 22.6 Å². The second-order valence-corrected chi connectivity index (χ2v) is 6.37. The van der Waals surface area contributed by atoms with Gasteiger partial charge in [-0.2, -0.15) is 5.10 Å². The maximum atomic E-state index is 12.2. The van der Waals surface area contributed by atoms with Crippen LogP contribution in [0.3, 0.4) is 0 Å². The molecule has 0 saturated heterocycles. The van der Waals surface area contributed by atoms with Gasteiger partial charge >= 0.3 is 5.91 Å². The molecule has 0 aliphatic rings. The van der Waals surface area contributed by atoms with Gasteiger partial charge in [0, 0.05) is 16.1 Å². The van der Waals surface area contributed by atoms with Crippen molar-refractivity contribution in [2.45, 2.75) is 0 Å². The van der Waals surface area contributed by atoms with Crippen LogP contribution < -0.4 is 5.43 Å². The third-order valence-corrected chi connectivity index (χ3v) is 4.25. The molecule has 2 heterocycles. The molecule has 6 heteroatoms. The molecule has 0 aliphatic carbocycles. The molecule has 0 unspecified atom stereocenters. The lowest BCUT2D eigenvalue weighted by atomic mass is 10.2. The van der Waals surface area contributed by atoms with Crippen molar-refractivity contribution in [2.75, 3.05) is 0 Å². The predicted octanol–water partition coefficient (Wildman–Crippen LogP) is 5.62. The summed E-state index contributed by atoms with van der Waals surface area (Å²) in [5, 5.41) is 4.56. The van der Waals surface area contributed by atoms with Crippen LogP contribution in [-0.2, 0) is 0 Å². The van der Waals surface area contributed by atoms with E-state index in [1.165, 1.54) is 6.21 Å². The zero-order valence-corrected chi connectivity index (χ0v) is 15.4. The third kappa shape index (κ3) is 4.05. The van der Waals surface area contributed by atoms with Crippen LogP contribution in [0.5, 0.6) is 0 Å². The van der Waals surface area contributed by atoms with E-state index in [2.05, 4.69) is 10.5 Å². The number of carbonyl (C=O) groups excluding carboxylic acids is 1. The number of carbonyl (C=O) groups is 1. The number of rotatable bonds is 5. The standard InChI is InChI=1S/C22H15ClN2O3/c23-17-8-6-16(7-9-17)20-12-13-21(28-20)22(26)25-24-14-18-10-11-19(27-18)15-4-2-1-3-5-15/h1-14H,(H,25,26)/b24-14-. The highest BCUT2D eigenvalue weighted by Gasteiger charge is 2.11. The van der Waals surface area contributed by atoms with Gasteiger partial charge in [0.1, 0.15) is 17.3 Å². The quantitative estimate of drug-likeness (QED) is 0.355. The lowest BCUT2D eigenvalue weighted by Gasteiger charge is -1.98. The summed E-state index contributed by atoms with van der Waals surface area (Å²) >= 11 is 5.88. The molecule has 0 aliphatic heterocycles. The molecule has 0 spiro atoms. The lowest BCUT2D eigenvalue weighted by Crippen LogP contribution is -2.16. The van der Waals surface area contributed by atoms with Crippen LogP contribution >= 0.6 is 11.6 Å². The maximum absolute atomic E-state index is 12.2. The number of halogens is 1. The van der Waals surface area contributed by atoms with Gasteiger partial charge in [-0.25, -0.2) is 5.43 Å². The van der Waals surface area contributed by atoms with Gasteiger partial charge in [0.25, 0.3) is 0 Å². The van der Waals surface area contributed by atoms with Gasteiger partial charge < -0.3 is 8.83 Å². The minimum Gasteiger partial charge on any atom is -0.455 e. The fourth-order valence-electron chi connectivity index (χ4n) is 2.62. The second-order valence-electron chi connectivity index (χ2n) is 5.94. The fourth-order valence-corrected chi connectivity index (χ4v) is 2.74.